The number of hydrogen-bond donors (Lipinski definition) is 0. The number of nitrogens with zero attached hydrogens (tertiary/aromatic N) is 1. The van der Waals surface area contributed by atoms with Crippen molar-refractivity contribution < 1.29 is 13.2 Å². The summed E-state index contributed by atoms with van der Waals surface area (Å²) in [5, 5.41) is 0. The largest absolute Gasteiger partial charge is 0.383 e. The van der Waals surface area contributed by atoms with Gasteiger partial charge in [0.1, 0.15) is 0 Å². The highest BCUT2D eigenvalue weighted by atomic mass is 127. The molecule has 0 N–H and O–H groups in total. The fourth-order valence-corrected chi connectivity index (χ4v) is 3.43. The highest BCUT2D eigenvalue weighted by Gasteiger charge is 2.23. The van der Waals surface area contributed by atoms with E-state index in [2.05, 4.69) is 22.6 Å². The van der Waals surface area contributed by atoms with Gasteiger partial charge in [0.2, 0.25) is 10.0 Å². The molecule has 0 amide bonds. The van der Waals surface area contributed by atoms with Crippen molar-refractivity contribution in [1.82, 2.24) is 4.31 Å². The predicted molar refractivity (Wildman–Crippen MR) is 80.1 cm³/mol. The third-order valence-corrected chi connectivity index (χ3v) is 5.10. The van der Waals surface area contributed by atoms with Gasteiger partial charge in [0, 0.05) is 23.8 Å². The number of hydrogen-bond acceptors (Lipinski definition) is 3. The topological polar surface area (TPSA) is 46.6 Å². The summed E-state index contributed by atoms with van der Waals surface area (Å²) < 4.78 is 32.3. The van der Waals surface area contributed by atoms with Crippen LogP contribution in [-0.4, -0.2) is 39.5 Å². The molecular formula is C12H18INO3S. The van der Waals surface area contributed by atoms with Gasteiger partial charge in [0.25, 0.3) is 0 Å². The second-order valence-electron chi connectivity index (χ2n) is 3.85. The zero-order valence-corrected chi connectivity index (χ0v) is 13.6. The van der Waals surface area contributed by atoms with Gasteiger partial charge >= 0.3 is 0 Å². The van der Waals surface area contributed by atoms with Crippen LogP contribution in [0.1, 0.15) is 13.3 Å². The summed E-state index contributed by atoms with van der Waals surface area (Å²) in [6, 6.07) is 6.89. The van der Waals surface area contributed by atoms with Crippen LogP contribution >= 0.6 is 22.6 Å². The molecular weight excluding hydrogens is 365 g/mol. The Bertz CT molecular complexity index is 459. The predicted octanol–water partition coefficient (Wildman–Crippen LogP) is 2.34. The fourth-order valence-electron chi connectivity index (χ4n) is 1.55. The minimum absolute atomic E-state index is 0.340. The Morgan fingerprint density at radius 2 is 1.83 bits per heavy atom. The quantitative estimate of drug-likeness (QED) is 0.680. The molecule has 0 saturated heterocycles. The molecule has 1 aromatic carbocycles. The Morgan fingerprint density at radius 3 is 2.33 bits per heavy atom. The van der Waals surface area contributed by atoms with Crippen molar-refractivity contribution in [3.05, 3.63) is 27.8 Å². The molecule has 1 aromatic rings. The van der Waals surface area contributed by atoms with Crippen LogP contribution in [0.5, 0.6) is 0 Å². The fraction of sp³-hybridized carbons (Fsp3) is 0.500. The summed E-state index contributed by atoms with van der Waals surface area (Å²) in [4.78, 5) is 0.340. The van der Waals surface area contributed by atoms with Gasteiger partial charge in [0.15, 0.2) is 0 Å². The number of sulfonamides is 1. The SMILES string of the molecule is CCCN(CCOC)S(=O)(=O)c1ccc(I)cc1. The van der Waals surface area contributed by atoms with Gasteiger partial charge in [0.05, 0.1) is 11.5 Å². The smallest absolute Gasteiger partial charge is 0.243 e. The van der Waals surface area contributed by atoms with Crippen molar-refractivity contribution in [1.29, 1.82) is 0 Å². The van der Waals surface area contributed by atoms with Crippen molar-refractivity contribution in [2.45, 2.75) is 18.2 Å². The summed E-state index contributed by atoms with van der Waals surface area (Å²) in [6.45, 7) is 3.27. The molecule has 0 spiro atoms. The van der Waals surface area contributed by atoms with Crippen LogP contribution < -0.4 is 0 Å². The van der Waals surface area contributed by atoms with Crippen LogP contribution in [-0.2, 0) is 14.8 Å². The highest BCUT2D eigenvalue weighted by Crippen LogP contribution is 2.17. The van der Waals surface area contributed by atoms with Gasteiger partial charge in [-0.3, -0.25) is 0 Å². The molecule has 18 heavy (non-hydrogen) atoms. The molecule has 0 fully saturated rings. The lowest BCUT2D eigenvalue weighted by Gasteiger charge is -2.21. The first-order chi connectivity index (χ1) is 8.52. The summed E-state index contributed by atoms with van der Waals surface area (Å²) >= 11 is 2.15. The van der Waals surface area contributed by atoms with Crippen molar-refractivity contribution in [3.8, 4) is 0 Å². The Kier molecular flexibility index (Phi) is 6.54. The maximum absolute atomic E-state index is 12.4. The zero-order chi connectivity index (χ0) is 13.6. The van der Waals surface area contributed by atoms with E-state index in [1.807, 2.05) is 6.92 Å². The average Bonchev–Trinajstić information content (AvgIpc) is 2.35. The lowest BCUT2D eigenvalue weighted by molar-refractivity contribution is 0.179. The van der Waals surface area contributed by atoms with Crippen LogP contribution in [0.25, 0.3) is 0 Å². The van der Waals surface area contributed by atoms with Crippen LogP contribution in [0.2, 0.25) is 0 Å². The first-order valence-corrected chi connectivity index (χ1v) is 8.29. The van der Waals surface area contributed by atoms with Crippen molar-refractivity contribution in [2.75, 3.05) is 26.8 Å². The summed E-state index contributed by atoms with van der Waals surface area (Å²) in [7, 11) is -1.83. The van der Waals surface area contributed by atoms with Gasteiger partial charge in [-0.15, -0.1) is 0 Å². The molecule has 0 atom stereocenters. The van der Waals surface area contributed by atoms with Gasteiger partial charge in [-0.05, 0) is 53.3 Å². The van der Waals surface area contributed by atoms with Gasteiger partial charge in [-0.1, -0.05) is 6.92 Å². The minimum atomic E-state index is -3.40. The monoisotopic (exact) mass is 383 g/mol. The van der Waals surface area contributed by atoms with Crippen LogP contribution in [0.3, 0.4) is 0 Å². The summed E-state index contributed by atoms with van der Waals surface area (Å²) in [5.41, 5.74) is 0. The normalized spacial score (nSPS) is 12.0. The molecule has 0 heterocycles. The molecule has 1 rings (SSSR count). The first-order valence-electron chi connectivity index (χ1n) is 5.77. The van der Waals surface area contributed by atoms with E-state index in [1.165, 1.54) is 4.31 Å². The maximum Gasteiger partial charge on any atom is 0.243 e. The van der Waals surface area contributed by atoms with Crippen molar-refractivity contribution >= 4 is 32.6 Å². The Labute approximate surface area is 123 Å². The summed E-state index contributed by atoms with van der Waals surface area (Å²) in [5.74, 6) is 0. The van der Waals surface area contributed by atoms with E-state index >= 15 is 0 Å². The Balaban J connectivity index is 2.96. The second kappa shape index (κ2) is 7.42. The molecule has 102 valence electrons. The molecule has 0 aliphatic rings. The van der Waals surface area contributed by atoms with E-state index in [0.29, 0.717) is 24.6 Å². The van der Waals surface area contributed by atoms with E-state index in [4.69, 9.17) is 4.74 Å². The molecule has 0 saturated carbocycles. The van der Waals surface area contributed by atoms with E-state index in [1.54, 1.807) is 31.4 Å². The zero-order valence-electron chi connectivity index (χ0n) is 10.6. The molecule has 0 aromatic heterocycles. The minimum Gasteiger partial charge on any atom is -0.383 e. The molecule has 6 heteroatoms. The Hall–Kier alpha value is -0.180. The lowest BCUT2D eigenvalue weighted by atomic mass is 10.4. The average molecular weight is 383 g/mol. The van der Waals surface area contributed by atoms with Gasteiger partial charge in [-0.25, -0.2) is 8.42 Å². The van der Waals surface area contributed by atoms with Gasteiger partial charge < -0.3 is 4.74 Å². The third-order valence-electron chi connectivity index (χ3n) is 2.47. The molecule has 0 unspecified atom stereocenters. The third kappa shape index (κ3) is 4.18. The molecule has 0 aliphatic carbocycles. The number of halogens is 1. The molecule has 0 aliphatic heterocycles. The standard InChI is InChI=1S/C12H18INO3S/c1-3-8-14(9-10-17-2)18(15,16)12-6-4-11(13)5-7-12/h4-7H,3,8-10H2,1-2H3. The molecule has 0 radical (unpaired) electrons. The molecule has 4 nitrogen and oxygen atoms in total. The Morgan fingerprint density at radius 1 is 1.22 bits per heavy atom. The van der Waals surface area contributed by atoms with E-state index in [9.17, 15) is 8.42 Å². The van der Waals surface area contributed by atoms with E-state index < -0.39 is 10.0 Å². The van der Waals surface area contributed by atoms with E-state index in [0.717, 1.165) is 9.99 Å². The number of rotatable bonds is 7. The molecule has 0 bridgehead atoms. The maximum atomic E-state index is 12.4. The van der Waals surface area contributed by atoms with Crippen LogP contribution in [0, 0.1) is 3.57 Å². The van der Waals surface area contributed by atoms with Gasteiger partial charge in [-0.2, -0.15) is 4.31 Å². The lowest BCUT2D eigenvalue weighted by Crippen LogP contribution is -2.34. The number of methoxy groups -OCH3 is 1. The van der Waals surface area contributed by atoms with Crippen LogP contribution in [0.15, 0.2) is 29.2 Å². The summed E-state index contributed by atoms with van der Waals surface area (Å²) in [6.07, 6.45) is 0.785. The van der Waals surface area contributed by atoms with Crippen LogP contribution in [0.4, 0.5) is 0 Å². The number of ether oxygens (including phenoxy) is 1. The van der Waals surface area contributed by atoms with Crippen molar-refractivity contribution in [2.24, 2.45) is 0 Å². The van der Waals surface area contributed by atoms with E-state index in [-0.39, 0.29) is 0 Å². The highest BCUT2D eigenvalue weighted by molar-refractivity contribution is 14.1. The second-order valence-corrected chi connectivity index (χ2v) is 7.03. The first kappa shape index (κ1) is 15.9. The number of benzene rings is 1. The van der Waals surface area contributed by atoms with Crippen molar-refractivity contribution in [3.63, 3.8) is 0 Å².